The van der Waals surface area contributed by atoms with Crippen LogP contribution in [0.25, 0.3) is 11.1 Å². The predicted octanol–water partition coefficient (Wildman–Crippen LogP) is 2.63. The maximum atomic E-state index is 12.4. The number of rotatable bonds is 3. The van der Waals surface area contributed by atoms with Gasteiger partial charge in [0, 0.05) is 11.5 Å². The first kappa shape index (κ1) is 14.2. The summed E-state index contributed by atoms with van der Waals surface area (Å²) in [7, 11) is 0.278. The first-order valence-electron chi connectivity index (χ1n) is 6.18. The molecule has 0 bridgehead atoms. The van der Waals surface area contributed by atoms with E-state index in [1.807, 2.05) is 6.07 Å². The highest BCUT2D eigenvalue weighted by Gasteiger charge is 2.25. The van der Waals surface area contributed by atoms with Crippen molar-refractivity contribution < 1.29 is 18.4 Å². The summed E-state index contributed by atoms with van der Waals surface area (Å²) in [6.45, 7) is 0.307. The van der Waals surface area contributed by atoms with Crippen molar-refractivity contribution in [3.8, 4) is 27.8 Å². The van der Waals surface area contributed by atoms with Gasteiger partial charge < -0.3 is 14.2 Å². The van der Waals surface area contributed by atoms with Crippen LogP contribution in [0.1, 0.15) is 0 Å². The van der Waals surface area contributed by atoms with Gasteiger partial charge in [0.1, 0.15) is 12.4 Å². The molecule has 1 atom stereocenters. The molecule has 1 N–H and O–H groups in total. The van der Waals surface area contributed by atoms with Crippen molar-refractivity contribution in [2.75, 3.05) is 26.6 Å². The normalized spacial score (nSPS) is 20.5. The summed E-state index contributed by atoms with van der Waals surface area (Å²) in [6, 6.07) is 5.27. The Morgan fingerprint density at radius 1 is 1.38 bits per heavy atom. The summed E-state index contributed by atoms with van der Waals surface area (Å²) >= 11 is 1.19. The SMILES string of the molecule is COc1nsc(OC)c1-c1ccc2c(c1)S(=N)(=O)CCO2. The molecule has 1 unspecified atom stereocenters. The van der Waals surface area contributed by atoms with E-state index in [1.54, 1.807) is 19.2 Å². The van der Waals surface area contributed by atoms with Gasteiger partial charge in [0.2, 0.25) is 10.9 Å². The second kappa shape index (κ2) is 5.19. The molecule has 1 aromatic carbocycles. The van der Waals surface area contributed by atoms with Gasteiger partial charge in [-0.25, -0.2) is 8.99 Å². The van der Waals surface area contributed by atoms with Gasteiger partial charge in [0.25, 0.3) is 0 Å². The third-order valence-electron chi connectivity index (χ3n) is 3.22. The van der Waals surface area contributed by atoms with Gasteiger partial charge in [0.05, 0.1) is 40.2 Å². The molecule has 0 radical (unpaired) electrons. The Morgan fingerprint density at radius 2 is 2.19 bits per heavy atom. The Hall–Kier alpha value is -1.80. The summed E-state index contributed by atoms with van der Waals surface area (Å²) in [4.78, 5) is 0.418. The van der Waals surface area contributed by atoms with Gasteiger partial charge in [0.15, 0.2) is 0 Å². The molecule has 1 aliphatic heterocycles. The molecule has 2 aromatic rings. The number of fused-ring (bicyclic) bond motifs is 1. The highest BCUT2D eigenvalue weighted by Crippen LogP contribution is 2.43. The summed E-state index contributed by atoms with van der Waals surface area (Å²) in [6.07, 6.45) is 0. The molecule has 0 saturated heterocycles. The summed E-state index contributed by atoms with van der Waals surface area (Å²) < 4.78 is 40.6. The maximum Gasteiger partial charge on any atom is 0.236 e. The second-order valence-corrected chi connectivity index (χ2v) is 7.38. The van der Waals surface area contributed by atoms with Crippen LogP contribution in [-0.4, -0.2) is 35.2 Å². The van der Waals surface area contributed by atoms with Gasteiger partial charge in [-0.2, -0.15) is 4.37 Å². The van der Waals surface area contributed by atoms with E-state index in [0.717, 1.165) is 5.56 Å². The minimum absolute atomic E-state index is 0.208. The Labute approximate surface area is 126 Å². The van der Waals surface area contributed by atoms with E-state index in [4.69, 9.17) is 19.0 Å². The second-order valence-electron chi connectivity index (χ2n) is 4.45. The molecule has 21 heavy (non-hydrogen) atoms. The summed E-state index contributed by atoms with van der Waals surface area (Å²) in [5, 5.41) is 0.611. The zero-order valence-electron chi connectivity index (χ0n) is 11.5. The standard InChI is InChI=1S/C13H14N2O4S2/c1-17-12-11(13(18-2)20-15-12)8-3-4-9-10(7-8)21(14,16)6-5-19-9/h3-4,7,14H,5-6H2,1-2H3. The zero-order chi connectivity index (χ0) is 15.0. The van der Waals surface area contributed by atoms with E-state index in [1.165, 1.54) is 18.6 Å². The minimum atomic E-state index is -2.82. The predicted molar refractivity (Wildman–Crippen MR) is 80.1 cm³/mol. The van der Waals surface area contributed by atoms with Crippen molar-refractivity contribution >= 4 is 21.3 Å². The van der Waals surface area contributed by atoms with E-state index < -0.39 is 9.73 Å². The van der Waals surface area contributed by atoms with E-state index in [-0.39, 0.29) is 5.75 Å². The molecule has 8 heteroatoms. The number of nitrogens with zero attached hydrogens (tertiary/aromatic N) is 1. The van der Waals surface area contributed by atoms with Crippen LogP contribution in [0.2, 0.25) is 0 Å². The van der Waals surface area contributed by atoms with Gasteiger partial charge in [-0.3, -0.25) is 0 Å². The molecule has 0 saturated carbocycles. The fraction of sp³-hybridized carbons (Fsp3) is 0.308. The highest BCUT2D eigenvalue weighted by atomic mass is 32.2. The fourth-order valence-corrected chi connectivity index (χ4v) is 4.21. The molecular formula is C13H14N2O4S2. The number of hydrogen-bond donors (Lipinski definition) is 1. The first-order chi connectivity index (χ1) is 10.1. The zero-order valence-corrected chi connectivity index (χ0v) is 13.2. The van der Waals surface area contributed by atoms with E-state index in [9.17, 15) is 4.21 Å². The topological polar surface area (TPSA) is 81.5 Å². The molecule has 1 aliphatic rings. The first-order valence-corrected chi connectivity index (χ1v) is 8.68. The lowest BCUT2D eigenvalue weighted by atomic mass is 10.1. The number of ether oxygens (including phenoxy) is 3. The van der Waals surface area contributed by atoms with Crippen LogP contribution in [0, 0.1) is 4.78 Å². The molecule has 3 rings (SSSR count). The molecule has 0 fully saturated rings. The van der Waals surface area contributed by atoms with E-state index in [0.29, 0.717) is 33.8 Å². The molecule has 0 aliphatic carbocycles. The monoisotopic (exact) mass is 326 g/mol. The quantitative estimate of drug-likeness (QED) is 0.937. The number of hydrogen-bond acceptors (Lipinski definition) is 7. The van der Waals surface area contributed by atoms with E-state index >= 15 is 0 Å². The smallest absolute Gasteiger partial charge is 0.236 e. The molecule has 112 valence electrons. The Kier molecular flexibility index (Phi) is 3.50. The molecule has 0 spiro atoms. The molecule has 1 aromatic heterocycles. The summed E-state index contributed by atoms with van der Waals surface area (Å²) in [5.41, 5.74) is 1.45. The minimum Gasteiger partial charge on any atom is -0.491 e. The number of aromatic nitrogens is 1. The van der Waals surface area contributed by atoms with Crippen molar-refractivity contribution in [2.24, 2.45) is 0 Å². The Morgan fingerprint density at radius 3 is 2.90 bits per heavy atom. The van der Waals surface area contributed by atoms with Gasteiger partial charge >= 0.3 is 0 Å². The van der Waals surface area contributed by atoms with Crippen molar-refractivity contribution in [1.82, 2.24) is 4.37 Å². The lowest BCUT2D eigenvalue weighted by Gasteiger charge is -2.20. The van der Waals surface area contributed by atoms with Crippen LogP contribution in [0.5, 0.6) is 16.7 Å². The highest BCUT2D eigenvalue weighted by molar-refractivity contribution is 7.92. The van der Waals surface area contributed by atoms with Gasteiger partial charge in [-0.05, 0) is 17.7 Å². The van der Waals surface area contributed by atoms with Crippen molar-refractivity contribution in [2.45, 2.75) is 4.90 Å². The molecule has 2 heterocycles. The molecular weight excluding hydrogens is 312 g/mol. The largest absolute Gasteiger partial charge is 0.491 e. The molecule has 0 amide bonds. The lowest BCUT2D eigenvalue weighted by Crippen LogP contribution is -2.20. The Balaban J connectivity index is 2.20. The average molecular weight is 326 g/mol. The van der Waals surface area contributed by atoms with Crippen LogP contribution in [0.3, 0.4) is 0 Å². The fourth-order valence-electron chi connectivity index (χ4n) is 2.20. The molecule has 6 nitrogen and oxygen atoms in total. The maximum absolute atomic E-state index is 12.4. The Bertz CT molecular complexity index is 762. The van der Waals surface area contributed by atoms with Crippen molar-refractivity contribution in [3.05, 3.63) is 18.2 Å². The van der Waals surface area contributed by atoms with Crippen LogP contribution >= 0.6 is 11.5 Å². The number of methoxy groups -OCH3 is 2. The third-order valence-corrected chi connectivity index (χ3v) is 5.79. The van der Waals surface area contributed by atoms with Crippen molar-refractivity contribution in [3.63, 3.8) is 0 Å². The van der Waals surface area contributed by atoms with Gasteiger partial charge in [-0.1, -0.05) is 6.07 Å². The average Bonchev–Trinajstić information content (AvgIpc) is 2.89. The van der Waals surface area contributed by atoms with Crippen LogP contribution in [0.15, 0.2) is 23.1 Å². The van der Waals surface area contributed by atoms with Crippen LogP contribution in [0.4, 0.5) is 0 Å². The van der Waals surface area contributed by atoms with Crippen molar-refractivity contribution in [1.29, 1.82) is 4.78 Å². The number of benzene rings is 1. The van der Waals surface area contributed by atoms with E-state index in [2.05, 4.69) is 4.37 Å². The summed E-state index contributed by atoms with van der Waals surface area (Å²) in [5.74, 6) is 1.16. The third kappa shape index (κ3) is 2.34. The number of nitrogens with one attached hydrogen (secondary N) is 1. The lowest BCUT2D eigenvalue weighted by molar-refractivity contribution is 0.325. The van der Waals surface area contributed by atoms with Gasteiger partial charge in [-0.15, -0.1) is 0 Å². The van der Waals surface area contributed by atoms with Crippen LogP contribution < -0.4 is 14.2 Å². The van der Waals surface area contributed by atoms with Crippen LogP contribution in [-0.2, 0) is 9.73 Å².